The normalized spacial score (nSPS) is 24.1. The van der Waals surface area contributed by atoms with Crippen molar-refractivity contribution in [3.63, 3.8) is 0 Å². The van der Waals surface area contributed by atoms with Gasteiger partial charge >= 0.3 is 0 Å². The van der Waals surface area contributed by atoms with Gasteiger partial charge in [-0.05, 0) is 32.1 Å². The molecule has 2 unspecified atom stereocenters. The number of imide groups is 1. The first kappa shape index (κ1) is 24.2. The van der Waals surface area contributed by atoms with Crippen LogP contribution in [-0.4, -0.2) is 33.7 Å². The minimum atomic E-state index is -1.33. The summed E-state index contributed by atoms with van der Waals surface area (Å²) in [7, 11) is 0. The lowest BCUT2D eigenvalue weighted by atomic mass is 9.68. The second kappa shape index (κ2) is 11.3. The Balaban J connectivity index is 3.51. The fourth-order valence-electron chi connectivity index (χ4n) is 4.37. The van der Waals surface area contributed by atoms with Crippen LogP contribution in [0.3, 0.4) is 0 Å². The number of nitrogens with one attached hydrogen (secondary N) is 1. The molecule has 0 saturated carbocycles. The molecule has 7 heteroatoms. The molecule has 0 bridgehead atoms. The van der Waals surface area contributed by atoms with E-state index in [-0.39, 0.29) is 24.7 Å². The van der Waals surface area contributed by atoms with Gasteiger partial charge in [-0.1, -0.05) is 65.5 Å². The van der Waals surface area contributed by atoms with E-state index in [1.165, 1.54) is 4.90 Å². The lowest BCUT2D eigenvalue weighted by Crippen LogP contribution is -2.73. The molecule has 1 aliphatic heterocycles. The highest BCUT2D eigenvalue weighted by Crippen LogP contribution is 2.45. The summed E-state index contributed by atoms with van der Waals surface area (Å²) in [4.78, 5) is 40.7. The monoisotopic (exact) mass is 394 g/mol. The van der Waals surface area contributed by atoms with Crippen molar-refractivity contribution in [1.82, 2.24) is 10.3 Å². The zero-order valence-electron chi connectivity index (χ0n) is 18.3. The van der Waals surface area contributed by atoms with Crippen molar-refractivity contribution in [2.24, 2.45) is 10.3 Å². The Labute approximate surface area is 169 Å². The highest BCUT2D eigenvalue weighted by molar-refractivity contribution is 6.03. The van der Waals surface area contributed by atoms with Crippen LogP contribution in [0.4, 0.5) is 0 Å². The van der Waals surface area contributed by atoms with E-state index in [0.29, 0.717) is 32.1 Å². The number of unbranched alkanes of at least 4 members (excludes halogenated alkanes) is 3. The van der Waals surface area contributed by atoms with Crippen LogP contribution in [-0.2, 0) is 14.4 Å². The highest BCUT2D eigenvalue weighted by Gasteiger charge is 2.62. The molecule has 0 saturated heterocycles. The standard InChI is InChI=1S/C21H38N4O3/c1-6-11-12-13-16-20(9-4)21(10-5,19(28)22-24-23-20)25(17(26)14-7-2)18(27)15-8-3/h6-16H2,1-5H3,(H,22,23,28). The van der Waals surface area contributed by atoms with Crippen LogP contribution >= 0.6 is 0 Å². The zero-order valence-corrected chi connectivity index (χ0v) is 18.3. The Bertz CT molecular complexity index is 560. The van der Waals surface area contributed by atoms with Crippen molar-refractivity contribution in [2.75, 3.05) is 0 Å². The number of hydrogen-bond acceptors (Lipinski definition) is 5. The van der Waals surface area contributed by atoms with E-state index in [9.17, 15) is 14.4 Å². The molecule has 7 nitrogen and oxygen atoms in total. The van der Waals surface area contributed by atoms with Gasteiger partial charge in [0.25, 0.3) is 5.91 Å². The first-order chi connectivity index (χ1) is 13.4. The zero-order chi connectivity index (χ0) is 21.2. The molecule has 1 N–H and O–H groups in total. The van der Waals surface area contributed by atoms with E-state index in [2.05, 4.69) is 22.7 Å². The molecule has 0 aromatic carbocycles. The second-order valence-corrected chi connectivity index (χ2v) is 7.67. The van der Waals surface area contributed by atoms with Crippen molar-refractivity contribution in [3.8, 4) is 0 Å². The molecule has 0 aromatic heterocycles. The van der Waals surface area contributed by atoms with Crippen LogP contribution < -0.4 is 5.43 Å². The molecule has 0 aliphatic carbocycles. The molecule has 1 heterocycles. The van der Waals surface area contributed by atoms with Gasteiger partial charge in [0.15, 0.2) is 5.54 Å². The maximum atomic E-state index is 13.3. The third kappa shape index (κ3) is 4.61. The molecule has 0 radical (unpaired) electrons. The first-order valence-corrected chi connectivity index (χ1v) is 11.0. The second-order valence-electron chi connectivity index (χ2n) is 7.67. The number of hydrogen-bond donors (Lipinski definition) is 1. The smallest absolute Gasteiger partial charge is 0.270 e. The first-order valence-electron chi connectivity index (χ1n) is 11.0. The van der Waals surface area contributed by atoms with Crippen molar-refractivity contribution >= 4 is 17.7 Å². The van der Waals surface area contributed by atoms with E-state index >= 15 is 0 Å². The maximum absolute atomic E-state index is 13.3. The predicted molar refractivity (Wildman–Crippen MR) is 109 cm³/mol. The van der Waals surface area contributed by atoms with Crippen LogP contribution in [0, 0.1) is 0 Å². The lowest BCUT2D eigenvalue weighted by molar-refractivity contribution is -0.167. The average Bonchev–Trinajstić information content (AvgIpc) is 2.67. The predicted octanol–water partition coefficient (Wildman–Crippen LogP) is 4.71. The van der Waals surface area contributed by atoms with E-state index in [0.717, 1.165) is 25.7 Å². The van der Waals surface area contributed by atoms with Gasteiger partial charge in [0, 0.05) is 12.8 Å². The molecule has 0 fully saturated rings. The van der Waals surface area contributed by atoms with E-state index in [1.54, 1.807) is 0 Å². The van der Waals surface area contributed by atoms with Gasteiger partial charge in [-0.15, -0.1) is 0 Å². The van der Waals surface area contributed by atoms with Gasteiger partial charge < -0.3 is 0 Å². The van der Waals surface area contributed by atoms with Gasteiger partial charge in [-0.2, -0.15) is 5.11 Å². The van der Waals surface area contributed by atoms with Gasteiger partial charge in [-0.3, -0.25) is 19.3 Å². The molecule has 3 amide bonds. The number of nitrogens with zero attached hydrogens (tertiary/aromatic N) is 3. The van der Waals surface area contributed by atoms with E-state index < -0.39 is 17.0 Å². The summed E-state index contributed by atoms with van der Waals surface area (Å²) in [6, 6.07) is 0. The average molecular weight is 395 g/mol. The summed E-state index contributed by atoms with van der Waals surface area (Å²) in [5.41, 5.74) is 0.253. The van der Waals surface area contributed by atoms with Crippen molar-refractivity contribution in [1.29, 1.82) is 0 Å². The summed E-state index contributed by atoms with van der Waals surface area (Å²) in [5, 5.41) is 8.40. The Morgan fingerprint density at radius 1 is 0.893 bits per heavy atom. The summed E-state index contributed by atoms with van der Waals surface area (Å²) in [6.45, 7) is 9.78. The fourth-order valence-corrected chi connectivity index (χ4v) is 4.37. The third-order valence-corrected chi connectivity index (χ3v) is 5.89. The van der Waals surface area contributed by atoms with Crippen molar-refractivity contribution < 1.29 is 14.4 Å². The Kier molecular flexibility index (Phi) is 9.76. The molecule has 0 aromatic rings. The summed E-state index contributed by atoms with van der Waals surface area (Å²) < 4.78 is 0. The molecule has 0 spiro atoms. The number of carbonyl (C=O) groups is 3. The largest absolute Gasteiger partial charge is 0.274 e. The highest BCUT2D eigenvalue weighted by atomic mass is 16.2. The minimum Gasteiger partial charge on any atom is -0.274 e. The molecule has 160 valence electrons. The quantitative estimate of drug-likeness (QED) is 0.486. The fraction of sp³-hybridized carbons (Fsp3) is 0.857. The summed E-state index contributed by atoms with van der Waals surface area (Å²) in [5.74, 6) is -0.973. The molecular formula is C21H38N4O3. The number of carbonyl (C=O) groups excluding carboxylic acids is 3. The van der Waals surface area contributed by atoms with Gasteiger partial charge in [0.2, 0.25) is 11.8 Å². The maximum Gasteiger partial charge on any atom is 0.270 e. The molecule has 1 aliphatic rings. The van der Waals surface area contributed by atoms with Crippen LogP contribution in [0.15, 0.2) is 10.3 Å². The molecule has 1 rings (SSSR count). The van der Waals surface area contributed by atoms with Crippen LogP contribution in [0.5, 0.6) is 0 Å². The Morgan fingerprint density at radius 3 is 1.96 bits per heavy atom. The number of amides is 3. The van der Waals surface area contributed by atoms with Crippen LogP contribution in [0.2, 0.25) is 0 Å². The molecule has 28 heavy (non-hydrogen) atoms. The van der Waals surface area contributed by atoms with Crippen molar-refractivity contribution in [3.05, 3.63) is 0 Å². The number of rotatable bonds is 12. The molecule has 2 atom stereocenters. The van der Waals surface area contributed by atoms with E-state index in [4.69, 9.17) is 0 Å². The van der Waals surface area contributed by atoms with E-state index in [1.807, 2.05) is 27.7 Å². The van der Waals surface area contributed by atoms with Crippen LogP contribution in [0.25, 0.3) is 0 Å². The Morgan fingerprint density at radius 2 is 1.50 bits per heavy atom. The minimum absolute atomic E-state index is 0.233. The van der Waals surface area contributed by atoms with Gasteiger partial charge in [0.1, 0.15) is 5.54 Å². The summed E-state index contributed by atoms with van der Waals surface area (Å²) in [6.07, 6.45) is 7.32. The summed E-state index contributed by atoms with van der Waals surface area (Å²) >= 11 is 0. The van der Waals surface area contributed by atoms with Gasteiger partial charge in [0.05, 0.1) is 0 Å². The lowest BCUT2D eigenvalue weighted by Gasteiger charge is -2.52. The molecular weight excluding hydrogens is 356 g/mol. The SMILES string of the molecule is CCCCCCC1(CC)N=NNC(=O)C1(CC)N(C(=O)CCC)C(=O)CCC. The Hall–Kier alpha value is -1.79. The topological polar surface area (TPSA) is 91.2 Å². The van der Waals surface area contributed by atoms with Crippen molar-refractivity contribution in [2.45, 2.75) is 116 Å². The third-order valence-electron chi connectivity index (χ3n) is 5.89. The van der Waals surface area contributed by atoms with Crippen LogP contribution in [0.1, 0.15) is 105 Å². The van der Waals surface area contributed by atoms with Gasteiger partial charge in [-0.25, -0.2) is 5.43 Å².